The summed E-state index contributed by atoms with van der Waals surface area (Å²) in [6, 6.07) is 8.31. The molecule has 0 aliphatic carbocycles. The summed E-state index contributed by atoms with van der Waals surface area (Å²) in [7, 11) is 0. The second-order valence-electron chi connectivity index (χ2n) is 8.60. The quantitative estimate of drug-likeness (QED) is 0.644. The third-order valence-corrected chi connectivity index (χ3v) is 6.76. The first-order valence-corrected chi connectivity index (χ1v) is 11.9. The van der Waals surface area contributed by atoms with Crippen LogP contribution in [-0.2, 0) is 40.0 Å². The van der Waals surface area contributed by atoms with Crippen molar-refractivity contribution in [3.8, 4) is 6.07 Å². The van der Waals surface area contributed by atoms with Crippen LogP contribution in [0.15, 0.2) is 29.2 Å². The molecule has 32 heavy (non-hydrogen) atoms. The van der Waals surface area contributed by atoms with Crippen LogP contribution in [-0.4, -0.2) is 37.3 Å². The Hall–Kier alpha value is -2.74. The van der Waals surface area contributed by atoms with Gasteiger partial charge < -0.3 is 19.5 Å². The SMILES string of the molecule is CC1Cc2sc(NC(=O)Cc3ccc(S(=O)O)cc3)c(C#N)c2CN1C(=O)OC(C)(C)C. The van der Waals surface area contributed by atoms with Gasteiger partial charge in [0.1, 0.15) is 16.7 Å². The molecule has 2 amide bonds. The van der Waals surface area contributed by atoms with Crippen LogP contribution >= 0.6 is 11.3 Å². The smallest absolute Gasteiger partial charge is 0.410 e. The fourth-order valence-electron chi connectivity index (χ4n) is 3.40. The highest BCUT2D eigenvalue weighted by Gasteiger charge is 2.34. The molecule has 2 N–H and O–H groups in total. The Labute approximate surface area is 193 Å². The molecule has 0 saturated heterocycles. The highest BCUT2D eigenvalue weighted by atomic mass is 32.2. The minimum absolute atomic E-state index is 0.0617. The molecule has 2 atom stereocenters. The first kappa shape index (κ1) is 23.9. The second kappa shape index (κ2) is 9.40. The molecule has 2 aromatic rings. The van der Waals surface area contributed by atoms with Gasteiger partial charge >= 0.3 is 6.09 Å². The molecule has 0 spiro atoms. The van der Waals surface area contributed by atoms with Crippen LogP contribution in [0.5, 0.6) is 0 Å². The van der Waals surface area contributed by atoms with E-state index >= 15 is 0 Å². The van der Waals surface area contributed by atoms with E-state index in [1.165, 1.54) is 23.5 Å². The maximum Gasteiger partial charge on any atom is 0.410 e. The van der Waals surface area contributed by atoms with Crippen LogP contribution in [0.4, 0.5) is 9.80 Å². The number of nitrogens with zero attached hydrogens (tertiary/aromatic N) is 2. The van der Waals surface area contributed by atoms with E-state index in [4.69, 9.17) is 9.29 Å². The average Bonchev–Trinajstić information content (AvgIpc) is 3.01. The van der Waals surface area contributed by atoms with E-state index in [2.05, 4.69) is 11.4 Å². The molecule has 10 heteroatoms. The highest BCUT2D eigenvalue weighted by molar-refractivity contribution is 7.79. The summed E-state index contributed by atoms with van der Waals surface area (Å²) in [5.41, 5.74) is 1.17. The van der Waals surface area contributed by atoms with Crippen LogP contribution in [0.3, 0.4) is 0 Å². The predicted octanol–water partition coefficient (Wildman–Crippen LogP) is 4.06. The third-order valence-electron chi connectivity index (χ3n) is 4.91. The van der Waals surface area contributed by atoms with Gasteiger partial charge in [-0.05, 0) is 45.4 Å². The van der Waals surface area contributed by atoms with E-state index in [9.17, 15) is 19.1 Å². The van der Waals surface area contributed by atoms with Crippen molar-refractivity contribution in [2.45, 2.75) is 63.6 Å². The van der Waals surface area contributed by atoms with Crippen LogP contribution in [0.1, 0.15) is 49.3 Å². The van der Waals surface area contributed by atoms with Crippen molar-refractivity contribution >= 4 is 39.4 Å². The monoisotopic (exact) mass is 475 g/mol. The number of fused-ring (bicyclic) bond motifs is 1. The second-order valence-corrected chi connectivity index (χ2v) is 10.7. The minimum atomic E-state index is -2.07. The number of carbonyl (C=O) groups is 2. The molecule has 8 nitrogen and oxygen atoms in total. The van der Waals surface area contributed by atoms with Gasteiger partial charge in [-0.2, -0.15) is 5.26 Å². The van der Waals surface area contributed by atoms with Gasteiger partial charge in [0.05, 0.1) is 23.4 Å². The molecule has 1 aliphatic heterocycles. The first-order chi connectivity index (χ1) is 15.0. The largest absolute Gasteiger partial charge is 0.444 e. The van der Waals surface area contributed by atoms with Crippen molar-refractivity contribution < 1.29 is 23.1 Å². The van der Waals surface area contributed by atoms with E-state index in [1.54, 1.807) is 37.8 Å². The number of hydrogen-bond acceptors (Lipinski definition) is 6. The van der Waals surface area contributed by atoms with Crippen molar-refractivity contribution in [3.05, 3.63) is 45.8 Å². The number of anilines is 1. The fraction of sp³-hybridized carbons (Fsp3) is 0.409. The van der Waals surface area contributed by atoms with E-state index in [1.807, 2.05) is 6.92 Å². The molecule has 0 saturated carbocycles. The summed E-state index contributed by atoms with van der Waals surface area (Å²) in [5.74, 6) is -0.296. The molecule has 1 aromatic carbocycles. The fourth-order valence-corrected chi connectivity index (χ4v) is 5.07. The number of thiophene rings is 1. The van der Waals surface area contributed by atoms with Gasteiger partial charge in [0.2, 0.25) is 5.91 Å². The van der Waals surface area contributed by atoms with Gasteiger partial charge in [0.25, 0.3) is 0 Å². The average molecular weight is 476 g/mol. The Morgan fingerprint density at radius 3 is 2.56 bits per heavy atom. The standard InChI is InChI=1S/C22H25N3O5S2/c1-13-9-18-17(12-25(13)21(27)30-22(2,3)4)16(11-23)20(31-18)24-19(26)10-14-5-7-15(8-6-14)32(28)29/h5-8,13H,9-10,12H2,1-4H3,(H,24,26)(H,28,29). The number of carbonyl (C=O) groups excluding carboxylic acids is 2. The Kier molecular flexibility index (Phi) is 7.03. The maximum absolute atomic E-state index is 12.6. The summed E-state index contributed by atoms with van der Waals surface area (Å²) >= 11 is -0.713. The molecule has 170 valence electrons. The van der Waals surface area contributed by atoms with Crippen molar-refractivity contribution in [2.75, 3.05) is 5.32 Å². The normalized spacial score (nSPS) is 16.6. The zero-order valence-electron chi connectivity index (χ0n) is 18.3. The van der Waals surface area contributed by atoms with Crippen molar-refractivity contribution in [3.63, 3.8) is 0 Å². The molecular weight excluding hydrogens is 450 g/mol. The Morgan fingerprint density at radius 2 is 2.00 bits per heavy atom. The van der Waals surface area contributed by atoms with E-state index in [0.717, 1.165) is 10.4 Å². The Morgan fingerprint density at radius 1 is 1.34 bits per heavy atom. The maximum atomic E-state index is 12.6. The number of nitriles is 1. The molecule has 2 heterocycles. The van der Waals surface area contributed by atoms with Crippen molar-refractivity contribution in [2.24, 2.45) is 0 Å². The number of amides is 2. The zero-order valence-corrected chi connectivity index (χ0v) is 19.9. The summed E-state index contributed by atoms with van der Waals surface area (Å²) in [6.07, 6.45) is 0.207. The Bertz CT molecular complexity index is 1100. The lowest BCUT2D eigenvalue weighted by Crippen LogP contribution is -2.44. The van der Waals surface area contributed by atoms with Crippen molar-refractivity contribution in [1.82, 2.24) is 4.90 Å². The Balaban J connectivity index is 1.75. The molecular formula is C22H25N3O5S2. The van der Waals surface area contributed by atoms with Gasteiger partial charge in [-0.3, -0.25) is 4.79 Å². The molecule has 0 fully saturated rings. The van der Waals surface area contributed by atoms with Crippen LogP contribution < -0.4 is 5.32 Å². The zero-order chi connectivity index (χ0) is 23.6. The van der Waals surface area contributed by atoms with Gasteiger partial charge in [-0.25, -0.2) is 9.00 Å². The molecule has 1 aliphatic rings. The van der Waals surface area contributed by atoms with Gasteiger partial charge in [0, 0.05) is 22.9 Å². The topological polar surface area (TPSA) is 120 Å². The lowest BCUT2D eigenvalue weighted by atomic mass is 10.0. The van der Waals surface area contributed by atoms with E-state index < -0.39 is 22.8 Å². The minimum Gasteiger partial charge on any atom is -0.444 e. The molecule has 0 radical (unpaired) electrons. The van der Waals surface area contributed by atoms with Crippen LogP contribution in [0.25, 0.3) is 0 Å². The molecule has 3 rings (SSSR count). The summed E-state index contributed by atoms with van der Waals surface area (Å²) in [5, 5.41) is 13.0. The number of rotatable bonds is 4. The van der Waals surface area contributed by atoms with E-state index in [-0.39, 0.29) is 29.8 Å². The number of ether oxygens (including phenoxy) is 1. The van der Waals surface area contributed by atoms with Gasteiger partial charge in [-0.15, -0.1) is 11.3 Å². The van der Waals surface area contributed by atoms with Crippen molar-refractivity contribution in [1.29, 1.82) is 5.26 Å². The highest BCUT2D eigenvalue weighted by Crippen LogP contribution is 2.38. The molecule has 2 unspecified atom stereocenters. The van der Waals surface area contributed by atoms with Crippen LogP contribution in [0, 0.1) is 11.3 Å². The summed E-state index contributed by atoms with van der Waals surface area (Å²) < 4.78 is 25.7. The third kappa shape index (κ3) is 5.54. The first-order valence-electron chi connectivity index (χ1n) is 10.0. The van der Waals surface area contributed by atoms with Gasteiger partial charge in [-0.1, -0.05) is 12.1 Å². The predicted molar refractivity (Wildman–Crippen MR) is 122 cm³/mol. The lowest BCUT2D eigenvalue weighted by Gasteiger charge is -2.34. The van der Waals surface area contributed by atoms with Crippen LogP contribution in [0.2, 0.25) is 0 Å². The molecule has 1 aromatic heterocycles. The lowest BCUT2D eigenvalue weighted by molar-refractivity contribution is -0.115. The number of nitrogens with one attached hydrogen (secondary N) is 1. The number of benzene rings is 1. The van der Waals surface area contributed by atoms with Gasteiger partial charge in [0.15, 0.2) is 11.1 Å². The summed E-state index contributed by atoms with van der Waals surface area (Å²) in [6.45, 7) is 7.60. The summed E-state index contributed by atoms with van der Waals surface area (Å²) in [4.78, 5) is 28.0. The van der Waals surface area contributed by atoms with E-state index in [0.29, 0.717) is 22.5 Å². The molecule has 0 bridgehead atoms. The number of hydrogen-bond donors (Lipinski definition) is 2.